The monoisotopic (exact) mass is 305 g/mol. The van der Waals surface area contributed by atoms with Gasteiger partial charge in [-0.05, 0) is 38.2 Å². The summed E-state index contributed by atoms with van der Waals surface area (Å²) in [5.41, 5.74) is 2.05. The number of halogens is 1. The molecule has 4 heteroatoms. The van der Waals surface area contributed by atoms with Crippen LogP contribution in [-0.2, 0) is 6.61 Å². The second-order valence-electron chi connectivity index (χ2n) is 4.79. The summed E-state index contributed by atoms with van der Waals surface area (Å²) in [6, 6.07) is 13.7. The average molecular weight is 306 g/mol. The molecule has 1 N–H and O–H groups in total. The Hall–Kier alpha value is -1.71. The Balaban J connectivity index is 2.20. The first-order chi connectivity index (χ1) is 10.2. The smallest absolute Gasteiger partial charge is 0.125 e. The number of para-hydroxylation sites is 1. The van der Waals surface area contributed by atoms with Gasteiger partial charge in [0, 0.05) is 22.2 Å². The van der Waals surface area contributed by atoms with Crippen molar-refractivity contribution in [1.29, 1.82) is 0 Å². The maximum atomic E-state index is 6.08. The Kier molecular flexibility index (Phi) is 5.48. The minimum atomic E-state index is 0.163. The molecule has 0 aliphatic rings. The van der Waals surface area contributed by atoms with Crippen LogP contribution in [0.2, 0.25) is 5.02 Å². The van der Waals surface area contributed by atoms with E-state index in [-0.39, 0.29) is 6.04 Å². The molecule has 21 heavy (non-hydrogen) atoms. The van der Waals surface area contributed by atoms with Crippen LogP contribution in [0.5, 0.6) is 11.5 Å². The molecule has 3 nitrogen and oxygen atoms in total. The van der Waals surface area contributed by atoms with Crippen LogP contribution in [-0.4, -0.2) is 14.2 Å². The second kappa shape index (κ2) is 7.34. The standard InChI is InChI=1S/C17H20ClNO2/c1-12(19-2)15-10-14(18)8-9-17(15)21-11-13-6-4-5-7-16(13)20-3/h4-10,12,19H,11H2,1-3H3. The molecule has 0 aromatic heterocycles. The number of ether oxygens (including phenoxy) is 2. The minimum Gasteiger partial charge on any atom is -0.496 e. The topological polar surface area (TPSA) is 30.5 Å². The zero-order valence-corrected chi connectivity index (χ0v) is 13.3. The molecule has 0 saturated heterocycles. The van der Waals surface area contributed by atoms with Gasteiger partial charge in [0.15, 0.2) is 0 Å². The molecule has 1 atom stereocenters. The lowest BCUT2D eigenvalue weighted by Crippen LogP contribution is -2.14. The van der Waals surface area contributed by atoms with Crippen LogP contribution in [0, 0.1) is 0 Å². The number of hydrogen-bond donors (Lipinski definition) is 1. The Bertz CT molecular complexity index is 601. The second-order valence-corrected chi connectivity index (χ2v) is 5.23. The van der Waals surface area contributed by atoms with E-state index in [4.69, 9.17) is 21.1 Å². The number of nitrogens with one attached hydrogen (secondary N) is 1. The van der Waals surface area contributed by atoms with Gasteiger partial charge < -0.3 is 14.8 Å². The largest absolute Gasteiger partial charge is 0.496 e. The van der Waals surface area contributed by atoms with Crippen LogP contribution in [0.15, 0.2) is 42.5 Å². The van der Waals surface area contributed by atoms with Crippen LogP contribution in [0.1, 0.15) is 24.1 Å². The molecule has 0 spiro atoms. The summed E-state index contributed by atoms with van der Waals surface area (Å²) in [7, 11) is 3.57. The van der Waals surface area contributed by atoms with Crippen LogP contribution >= 0.6 is 11.6 Å². The summed E-state index contributed by atoms with van der Waals surface area (Å²) < 4.78 is 11.3. The molecule has 0 radical (unpaired) electrons. The van der Waals surface area contributed by atoms with E-state index in [1.807, 2.05) is 49.5 Å². The van der Waals surface area contributed by atoms with Gasteiger partial charge in [-0.15, -0.1) is 0 Å². The van der Waals surface area contributed by atoms with Gasteiger partial charge in [0.2, 0.25) is 0 Å². The Morgan fingerprint density at radius 1 is 1.14 bits per heavy atom. The Morgan fingerprint density at radius 3 is 2.62 bits per heavy atom. The highest BCUT2D eigenvalue weighted by Gasteiger charge is 2.12. The summed E-state index contributed by atoms with van der Waals surface area (Å²) in [4.78, 5) is 0. The SMILES string of the molecule is CNC(C)c1cc(Cl)ccc1OCc1ccccc1OC. The lowest BCUT2D eigenvalue weighted by molar-refractivity contribution is 0.291. The predicted molar refractivity (Wildman–Crippen MR) is 86.3 cm³/mol. The molecule has 2 aromatic rings. The van der Waals surface area contributed by atoms with Crippen molar-refractivity contribution in [1.82, 2.24) is 5.32 Å². The molecule has 0 amide bonds. The molecule has 0 saturated carbocycles. The van der Waals surface area contributed by atoms with E-state index in [2.05, 4.69) is 12.2 Å². The van der Waals surface area contributed by atoms with Crippen LogP contribution in [0.3, 0.4) is 0 Å². The maximum Gasteiger partial charge on any atom is 0.125 e. The third-order valence-corrected chi connectivity index (χ3v) is 3.68. The van der Waals surface area contributed by atoms with Gasteiger partial charge in [0.1, 0.15) is 18.1 Å². The van der Waals surface area contributed by atoms with E-state index < -0.39 is 0 Å². The molecule has 2 rings (SSSR count). The number of methoxy groups -OCH3 is 1. The van der Waals surface area contributed by atoms with Gasteiger partial charge in [-0.25, -0.2) is 0 Å². The molecular weight excluding hydrogens is 286 g/mol. The van der Waals surface area contributed by atoms with Crippen molar-refractivity contribution in [3.8, 4) is 11.5 Å². The van der Waals surface area contributed by atoms with Gasteiger partial charge in [-0.3, -0.25) is 0 Å². The van der Waals surface area contributed by atoms with E-state index in [1.54, 1.807) is 7.11 Å². The first-order valence-corrected chi connectivity index (χ1v) is 7.25. The fourth-order valence-corrected chi connectivity index (χ4v) is 2.30. The molecule has 2 aromatic carbocycles. The van der Waals surface area contributed by atoms with E-state index in [0.29, 0.717) is 11.6 Å². The Morgan fingerprint density at radius 2 is 1.90 bits per heavy atom. The lowest BCUT2D eigenvalue weighted by atomic mass is 10.1. The third kappa shape index (κ3) is 3.90. The summed E-state index contributed by atoms with van der Waals surface area (Å²) in [5, 5.41) is 3.91. The minimum absolute atomic E-state index is 0.163. The molecule has 0 bridgehead atoms. The van der Waals surface area contributed by atoms with Crippen molar-refractivity contribution < 1.29 is 9.47 Å². The van der Waals surface area contributed by atoms with Gasteiger partial charge in [0.05, 0.1) is 7.11 Å². The van der Waals surface area contributed by atoms with E-state index in [0.717, 1.165) is 22.6 Å². The van der Waals surface area contributed by atoms with Crippen molar-refractivity contribution in [2.24, 2.45) is 0 Å². The molecule has 0 heterocycles. The highest BCUT2D eigenvalue weighted by molar-refractivity contribution is 6.30. The number of benzene rings is 2. The van der Waals surface area contributed by atoms with Crippen LogP contribution < -0.4 is 14.8 Å². The van der Waals surface area contributed by atoms with Crippen molar-refractivity contribution in [3.05, 3.63) is 58.6 Å². The molecule has 112 valence electrons. The van der Waals surface area contributed by atoms with Gasteiger partial charge >= 0.3 is 0 Å². The van der Waals surface area contributed by atoms with Gasteiger partial charge in [-0.2, -0.15) is 0 Å². The maximum absolute atomic E-state index is 6.08. The first kappa shape index (κ1) is 15.7. The van der Waals surface area contributed by atoms with Crippen molar-refractivity contribution in [3.63, 3.8) is 0 Å². The highest BCUT2D eigenvalue weighted by atomic mass is 35.5. The molecule has 0 aliphatic carbocycles. The lowest BCUT2D eigenvalue weighted by Gasteiger charge is -2.17. The van der Waals surface area contributed by atoms with Crippen molar-refractivity contribution >= 4 is 11.6 Å². The Labute approximate surface area is 130 Å². The van der Waals surface area contributed by atoms with Crippen molar-refractivity contribution in [2.75, 3.05) is 14.2 Å². The fraction of sp³-hybridized carbons (Fsp3) is 0.294. The first-order valence-electron chi connectivity index (χ1n) is 6.87. The van der Waals surface area contributed by atoms with Gasteiger partial charge in [-0.1, -0.05) is 29.8 Å². The summed E-state index contributed by atoms with van der Waals surface area (Å²) in [6.45, 7) is 2.52. The summed E-state index contributed by atoms with van der Waals surface area (Å²) in [5.74, 6) is 1.65. The van der Waals surface area contributed by atoms with Crippen LogP contribution in [0.4, 0.5) is 0 Å². The van der Waals surface area contributed by atoms with E-state index in [1.165, 1.54) is 0 Å². The van der Waals surface area contributed by atoms with E-state index >= 15 is 0 Å². The number of hydrogen-bond acceptors (Lipinski definition) is 3. The number of rotatable bonds is 6. The normalized spacial score (nSPS) is 12.0. The fourth-order valence-electron chi connectivity index (χ4n) is 2.12. The molecule has 1 unspecified atom stereocenters. The van der Waals surface area contributed by atoms with Crippen molar-refractivity contribution in [2.45, 2.75) is 19.6 Å². The molecular formula is C17H20ClNO2. The quantitative estimate of drug-likeness (QED) is 0.867. The average Bonchev–Trinajstić information content (AvgIpc) is 2.53. The zero-order chi connectivity index (χ0) is 15.2. The van der Waals surface area contributed by atoms with Crippen LogP contribution in [0.25, 0.3) is 0 Å². The zero-order valence-electron chi connectivity index (χ0n) is 12.5. The third-order valence-electron chi connectivity index (χ3n) is 3.45. The van der Waals surface area contributed by atoms with E-state index in [9.17, 15) is 0 Å². The predicted octanol–water partition coefficient (Wildman–Crippen LogP) is 4.21. The molecule has 0 aliphatic heterocycles. The summed E-state index contributed by atoms with van der Waals surface area (Å²) in [6.07, 6.45) is 0. The van der Waals surface area contributed by atoms with Gasteiger partial charge in [0.25, 0.3) is 0 Å². The highest BCUT2D eigenvalue weighted by Crippen LogP contribution is 2.29. The summed E-state index contributed by atoms with van der Waals surface area (Å²) >= 11 is 6.08. The molecule has 0 fully saturated rings.